The molecule has 1 N–H and O–H groups in total. The Morgan fingerprint density at radius 3 is 1.74 bits per heavy atom. The molecule has 14 nitrogen and oxygen atoms in total. The normalized spacial score (nSPS) is 22.4. The lowest BCUT2D eigenvalue weighted by molar-refractivity contribution is -0.311. The first-order valence-electron chi connectivity index (χ1n) is 28.9. The molecule has 2 aliphatic heterocycles. The van der Waals surface area contributed by atoms with Crippen molar-refractivity contribution in [3.63, 3.8) is 0 Å². The lowest BCUT2D eigenvalue weighted by Crippen LogP contribution is -2.63. The number of aliphatic hydroxyl groups is 1. The van der Waals surface area contributed by atoms with Crippen LogP contribution in [0.3, 0.4) is 0 Å². The molecule has 0 spiro atoms. The minimum atomic E-state index is -2.49. The summed E-state index contributed by atoms with van der Waals surface area (Å²) in [6.45, 7) is 24.5. The number of cyclic esters (lactones) is 1. The summed E-state index contributed by atoms with van der Waals surface area (Å²) in [7, 11) is 0.714. The van der Waals surface area contributed by atoms with E-state index in [9.17, 15) is 14.7 Å². The van der Waals surface area contributed by atoms with Gasteiger partial charge in [-0.1, -0.05) is 171 Å². The Kier molecular flexibility index (Phi) is 21.6. The topological polar surface area (TPSA) is 158 Å². The number of ketones is 1. The summed E-state index contributed by atoms with van der Waals surface area (Å²) in [6, 6.07) is 43.4. The number of rotatable bonds is 27. The Hall–Kier alpha value is -5.75. The highest BCUT2D eigenvalue weighted by Gasteiger charge is 2.58. The number of Topliss-reactive ketones (excluding diaryl/α,β-unsaturated/α-hetero) is 1. The van der Waals surface area contributed by atoms with Crippen molar-refractivity contribution in [3.8, 4) is 11.5 Å². The first-order valence-corrected chi connectivity index (χ1v) is 31.9. The number of hydrogen-bond acceptors (Lipinski definition) is 13. The molecule has 0 saturated carbocycles. The number of amides is 2. The zero-order valence-electron chi connectivity index (χ0n) is 50.7. The van der Waals surface area contributed by atoms with E-state index in [2.05, 4.69) is 40.8 Å². The highest BCUT2D eigenvalue weighted by Crippen LogP contribution is 2.46. The lowest BCUT2D eigenvalue weighted by atomic mass is 9.72. The molecule has 0 radical (unpaired) electrons. The van der Waals surface area contributed by atoms with E-state index in [4.69, 9.17) is 42.3 Å². The van der Waals surface area contributed by atoms with Crippen LogP contribution >= 0.6 is 0 Å². The molecule has 2 fully saturated rings. The average Bonchev–Trinajstić information content (AvgIpc) is 3.94. The molecular formula is C67H89NO13Si. The van der Waals surface area contributed by atoms with E-state index in [1.807, 2.05) is 148 Å². The highest BCUT2D eigenvalue weighted by molar-refractivity contribution is 6.74. The molecule has 2 heterocycles. The Balaban J connectivity index is 1.30. The fourth-order valence-electron chi connectivity index (χ4n) is 11.4. The van der Waals surface area contributed by atoms with Crippen molar-refractivity contribution in [1.29, 1.82) is 0 Å². The number of aliphatic hydroxyl groups excluding tert-OH is 1. The van der Waals surface area contributed by atoms with Crippen molar-refractivity contribution >= 4 is 26.1 Å². The van der Waals surface area contributed by atoms with Gasteiger partial charge in [0.25, 0.3) is 0 Å². The van der Waals surface area contributed by atoms with Gasteiger partial charge in [-0.05, 0) is 91.3 Å². The van der Waals surface area contributed by atoms with E-state index in [0.29, 0.717) is 29.9 Å². The molecule has 13 atom stereocenters. The second-order valence-electron chi connectivity index (χ2n) is 24.2. The van der Waals surface area contributed by atoms with Gasteiger partial charge in [-0.25, -0.2) is 9.69 Å². The Bertz CT molecular complexity index is 2810. The molecule has 5 aromatic rings. The van der Waals surface area contributed by atoms with Crippen LogP contribution in [0.5, 0.6) is 11.5 Å². The third kappa shape index (κ3) is 14.8. The summed E-state index contributed by atoms with van der Waals surface area (Å²) in [5.74, 6) is -3.17. The zero-order valence-corrected chi connectivity index (χ0v) is 51.7. The maximum atomic E-state index is 16.2. The Labute approximate surface area is 488 Å². The molecule has 2 saturated heterocycles. The summed E-state index contributed by atoms with van der Waals surface area (Å²) in [5.41, 5.74) is 1.16. The Morgan fingerprint density at radius 2 is 1.22 bits per heavy atom. The maximum absolute atomic E-state index is 16.2. The van der Waals surface area contributed by atoms with Gasteiger partial charge >= 0.3 is 6.09 Å². The SMILES string of the molecule is CC[C@@H](O[Si](C)(C)C(C)(C)C)[C@@](C)(OCc1ccccc1)[C@H](OCc1ccc(OC)cc1)[C@@H](C)[C@@H](O)[C@H](C)C(=O)[C@@](C)(OCc1ccccc1)[C@@H]1OC(c2ccc(OC)cc2)O[C@H]([C@@H](C)C(=O)N2C(=O)OC[C@H]2Cc2ccccc2)[C@@H]1C. The molecule has 2 amide bonds. The largest absolute Gasteiger partial charge is 0.497 e. The number of methoxy groups -OCH3 is 2. The number of nitrogens with zero attached hydrogens (tertiary/aromatic N) is 1. The van der Waals surface area contributed by atoms with Crippen LogP contribution in [0.1, 0.15) is 110 Å². The van der Waals surface area contributed by atoms with Crippen molar-refractivity contribution in [2.24, 2.45) is 23.7 Å². The van der Waals surface area contributed by atoms with Crippen LogP contribution < -0.4 is 9.47 Å². The Morgan fingerprint density at radius 1 is 0.707 bits per heavy atom. The highest BCUT2D eigenvalue weighted by atomic mass is 28.4. The second-order valence-corrected chi connectivity index (χ2v) is 29.0. The zero-order chi connectivity index (χ0) is 59.6. The van der Waals surface area contributed by atoms with Gasteiger partial charge in [0, 0.05) is 23.3 Å². The van der Waals surface area contributed by atoms with Crippen LogP contribution in [0.25, 0.3) is 0 Å². The number of carbonyl (C=O) groups excluding carboxylic acids is 3. The van der Waals surface area contributed by atoms with E-state index in [-0.39, 0.29) is 31.5 Å². The fourth-order valence-corrected chi connectivity index (χ4v) is 12.8. The predicted molar refractivity (Wildman–Crippen MR) is 318 cm³/mol. The van der Waals surface area contributed by atoms with Crippen LogP contribution in [0.2, 0.25) is 18.1 Å². The van der Waals surface area contributed by atoms with Crippen LogP contribution in [0.15, 0.2) is 140 Å². The number of imide groups is 1. The molecule has 444 valence electrons. The van der Waals surface area contributed by atoms with Crippen LogP contribution in [-0.4, -0.2) is 105 Å². The molecule has 0 aliphatic carbocycles. The van der Waals surface area contributed by atoms with Gasteiger partial charge in [-0.2, -0.15) is 0 Å². The van der Waals surface area contributed by atoms with Crippen LogP contribution in [-0.2, 0) is 68.7 Å². The second kappa shape index (κ2) is 27.8. The van der Waals surface area contributed by atoms with Crippen molar-refractivity contribution in [3.05, 3.63) is 167 Å². The van der Waals surface area contributed by atoms with E-state index in [1.54, 1.807) is 47.1 Å². The van der Waals surface area contributed by atoms with E-state index in [1.165, 1.54) is 4.90 Å². The minimum Gasteiger partial charge on any atom is -0.497 e. The number of hydrogen-bond donors (Lipinski definition) is 1. The fraction of sp³-hybridized carbons (Fsp3) is 0.507. The molecular weight excluding hydrogens is 1050 g/mol. The third-order valence-corrected chi connectivity index (χ3v) is 22.0. The van der Waals surface area contributed by atoms with E-state index >= 15 is 4.79 Å². The van der Waals surface area contributed by atoms with Crippen molar-refractivity contribution in [2.75, 3.05) is 20.8 Å². The summed E-state index contributed by atoms with van der Waals surface area (Å²) < 4.78 is 59.2. The molecule has 15 heteroatoms. The lowest BCUT2D eigenvalue weighted by Gasteiger charge is -2.51. The van der Waals surface area contributed by atoms with Crippen molar-refractivity contribution in [2.45, 2.75) is 174 Å². The van der Waals surface area contributed by atoms with Gasteiger partial charge in [0.1, 0.15) is 29.8 Å². The summed E-state index contributed by atoms with van der Waals surface area (Å²) in [5, 5.41) is 13.1. The van der Waals surface area contributed by atoms with Gasteiger partial charge in [-0.15, -0.1) is 0 Å². The van der Waals surface area contributed by atoms with Crippen molar-refractivity contribution < 1.29 is 61.8 Å². The summed E-state index contributed by atoms with van der Waals surface area (Å²) >= 11 is 0. The number of ether oxygens (including phenoxy) is 8. The molecule has 1 unspecified atom stereocenters. The predicted octanol–water partition coefficient (Wildman–Crippen LogP) is 12.9. The quantitative estimate of drug-likeness (QED) is 0.0496. The van der Waals surface area contributed by atoms with Crippen molar-refractivity contribution in [1.82, 2.24) is 4.90 Å². The minimum absolute atomic E-state index is 0.00396. The van der Waals surface area contributed by atoms with E-state index < -0.39 is 104 Å². The van der Waals surface area contributed by atoms with Gasteiger partial charge in [-0.3, -0.25) is 9.59 Å². The van der Waals surface area contributed by atoms with Crippen LogP contribution in [0, 0.1) is 23.7 Å². The smallest absolute Gasteiger partial charge is 0.416 e. The average molecular weight is 1140 g/mol. The molecule has 2 aliphatic rings. The van der Waals surface area contributed by atoms with Crippen LogP contribution in [0.4, 0.5) is 4.79 Å². The monoisotopic (exact) mass is 1140 g/mol. The van der Waals surface area contributed by atoms with Gasteiger partial charge in [0.05, 0.1) is 70.4 Å². The summed E-state index contributed by atoms with van der Waals surface area (Å²) in [6.07, 6.45) is -5.64. The first-order chi connectivity index (χ1) is 39.0. The molecule has 0 bridgehead atoms. The van der Waals surface area contributed by atoms with Gasteiger partial charge in [0.15, 0.2) is 26.0 Å². The molecule has 0 aromatic heterocycles. The summed E-state index contributed by atoms with van der Waals surface area (Å²) in [4.78, 5) is 46.0. The van der Waals surface area contributed by atoms with Gasteiger partial charge in [0.2, 0.25) is 5.91 Å². The maximum Gasteiger partial charge on any atom is 0.416 e. The molecule has 7 rings (SSSR count). The van der Waals surface area contributed by atoms with Gasteiger partial charge < -0.3 is 47.4 Å². The number of carbonyl (C=O) groups is 3. The van der Waals surface area contributed by atoms with E-state index in [0.717, 1.165) is 22.3 Å². The third-order valence-electron chi connectivity index (χ3n) is 17.5. The standard InChI is InChI=1S/C67H89NO13Si/c1-15-56(81-82(13,14)65(6,7)8)66(9,77-41-49-27-21-17-22-28-49)60(75-40-51-31-35-54(73-11)36-32-51)45(3)57(69)44(2)59(70)67(10,78-42-50-29-23-18-24-30-50)61-46(4)58(79-63(80-61)52-33-37-55(74-12)38-34-52)47(5)62(71)68-53(43-76-64(68)72)39-48-25-19-16-20-26-48/h16-38,44-47,53,56-58,60-61,63,69H,15,39-43H2,1-14H3/t44-,45-,46-,47+,53+,56+,57-,58-,60+,61+,63?,66+,67+/m0/s1. The molecule has 5 aromatic carbocycles. The molecule has 82 heavy (non-hydrogen) atoms. The first kappa shape index (κ1) is 63.8. The number of benzene rings is 5.